The van der Waals surface area contributed by atoms with Gasteiger partial charge >= 0.3 is 5.97 Å². The van der Waals surface area contributed by atoms with Crippen molar-refractivity contribution in [3.63, 3.8) is 0 Å². The highest BCUT2D eigenvalue weighted by Gasteiger charge is 2.16. The first-order valence-electron chi connectivity index (χ1n) is 5.04. The summed E-state index contributed by atoms with van der Waals surface area (Å²) in [6, 6.07) is 0. The van der Waals surface area contributed by atoms with E-state index in [1.807, 2.05) is 0 Å². The van der Waals surface area contributed by atoms with E-state index in [2.05, 4.69) is 6.92 Å². The summed E-state index contributed by atoms with van der Waals surface area (Å²) in [6.45, 7) is 5.76. The monoisotopic (exact) mass is 204 g/mol. The largest absolute Gasteiger partial charge is 0.458 e. The van der Waals surface area contributed by atoms with Gasteiger partial charge in [-0.05, 0) is 20.3 Å². The van der Waals surface area contributed by atoms with Crippen LogP contribution in [0.15, 0.2) is 0 Å². The molecule has 0 aromatic carbocycles. The molecule has 0 aliphatic carbocycles. The molecule has 0 aliphatic heterocycles. The summed E-state index contributed by atoms with van der Waals surface area (Å²) in [5.74, 6) is -0.414. The summed E-state index contributed by atoms with van der Waals surface area (Å²) >= 11 is 0. The molecule has 0 radical (unpaired) electrons. The Morgan fingerprint density at radius 2 is 2.07 bits per heavy atom. The first kappa shape index (κ1) is 13.4. The van der Waals surface area contributed by atoms with E-state index in [1.54, 1.807) is 13.8 Å². The van der Waals surface area contributed by atoms with Crippen molar-refractivity contribution >= 4 is 5.97 Å². The van der Waals surface area contributed by atoms with E-state index >= 15 is 0 Å². The van der Waals surface area contributed by atoms with Crippen LogP contribution in [0.1, 0.15) is 33.6 Å². The smallest absolute Gasteiger partial charge is 0.335 e. The van der Waals surface area contributed by atoms with Gasteiger partial charge < -0.3 is 14.6 Å². The standard InChI is InChI=1S/C10H20O4/c1-4-5-6-13-9(3)10(12)14-8(2)7-11/h8-9,11H,4-7H2,1-3H3. The topological polar surface area (TPSA) is 55.8 Å². The van der Waals surface area contributed by atoms with E-state index in [9.17, 15) is 4.79 Å². The predicted octanol–water partition coefficient (Wildman–Crippen LogP) is 1.12. The number of unbranched alkanes of at least 4 members (excludes halogenated alkanes) is 1. The van der Waals surface area contributed by atoms with Gasteiger partial charge in [0.05, 0.1) is 6.61 Å². The van der Waals surface area contributed by atoms with Crippen molar-refractivity contribution < 1.29 is 19.4 Å². The van der Waals surface area contributed by atoms with Gasteiger partial charge in [-0.3, -0.25) is 0 Å². The fraction of sp³-hybridized carbons (Fsp3) is 0.900. The summed E-state index contributed by atoms with van der Waals surface area (Å²) < 4.78 is 10.1. The molecule has 2 atom stereocenters. The third kappa shape index (κ3) is 5.94. The minimum absolute atomic E-state index is 0.159. The number of aliphatic hydroxyl groups excluding tert-OH is 1. The number of aliphatic hydroxyl groups is 1. The van der Waals surface area contributed by atoms with Crippen LogP contribution in [-0.4, -0.2) is 36.5 Å². The second-order valence-corrected chi connectivity index (χ2v) is 3.30. The summed E-state index contributed by atoms with van der Waals surface area (Å²) in [7, 11) is 0. The molecule has 14 heavy (non-hydrogen) atoms. The lowest BCUT2D eigenvalue weighted by atomic mass is 10.3. The number of hydrogen-bond acceptors (Lipinski definition) is 4. The number of carbonyl (C=O) groups is 1. The number of rotatable bonds is 7. The van der Waals surface area contributed by atoms with E-state index in [0.717, 1.165) is 12.8 Å². The molecule has 0 bridgehead atoms. The summed E-state index contributed by atoms with van der Waals surface area (Å²) in [5.41, 5.74) is 0. The molecule has 0 heterocycles. The normalized spacial score (nSPS) is 14.9. The molecule has 0 saturated heterocycles. The maximum Gasteiger partial charge on any atom is 0.335 e. The highest BCUT2D eigenvalue weighted by Crippen LogP contribution is 2.00. The van der Waals surface area contributed by atoms with E-state index in [-0.39, 0.29) is 6.61 Å². The number of hydrogen-bond donors (Lipinski definition) is 1. The average Bonchev–Trinajstić information content (AvgIpc) is 2.17. The molecule has 0 rings (SSSR count). The summed E-state index contributed by atoms with van der Waals surface area (Å²) in [4.78, 5) is 11.2. The first-order chi connectivity index (χ1) is 6.61. The van der Waals surface area contributed by atoms with Gasteiger partial charge in [-0.2, -0.15) is 0 Å². The van der Waals surface area contributed by atoms with Gasteiger partial charge in [-0.25, -0.2) is 4.79 Å². The van der Waals surface area contributed by atoms with Crippen LogP contribution in [0, 0.1) is 0 Å². The Labute approximate surface area is 85.2 Å². The molecular formula is C10H20O4. The molecule has 4 nitrogen and oxygen atoms in total. The third-order valence-electron chi connectivity index (χ3n) is 1.77. The summed E-state index contributed by atoms with van der Waals surface area (Å²) in [5, 5.41) is 8.66. The van der Waals surface area contributed by atoms with Crippen LogP contribution in [0.25, 0.3) is 0 Å². The number of ether oxygens (including phenoxy) is 2. The lowest BCUT2D eigenvalue weighted by Gasteiger charge is -2.15. The molecule has 0 saturated carbocycles. The van der Waals surface area contributed by atoms with Gasteiger partial charge in [-0.1, -0.05) is 13.3 Å². The Balaban J connectivity index is 3.64. The van der Waals surface area contributed by atoms with E-state index < -0.39 is 18.2 Å². The second kappa shape index (κ2) is 7.76. The Morgan fingerprint density at radius 1 is 1.43 bits per heavy atom. The number of carbonyl (C=O) groups excluding carboxylic acids is 1. The maximum absolute atomic E-state index is 11.2. The Kier molecular flexibility index (Phi) is 7.42. The van der Waals surface area contributed by atoms with Gasteiger partial charge in [0.1, 0.15) is 6.10 Å². The van der Waals surface area contributed by atoms with Crippen molar-refractivity contribution in [3.8, 4) is 0 Å². The molecule has 84 valence electrons. The van der Waals surface area contributed by atoms with Crippen LogP contribution in [0.4, 0.5) is 0 Å². The molecule has 0 amide bonds. The van der Waals surface area contributed by atoms with Crippen molar-refractivity contribution in [2.45, 2.75) is 45.8 Å². The highest BCUT2D eigenvalue weighted by molar-refractivity contribution is 5.74. The Morgan fingerprint density at radius 3 is 2.57 bits per heavy atom. The Bertz CT molecular complexity index is 158. The molecule has 2 unspecified atom stereocenters. The molecule has 0 fully saturated rings. The van der Waals surface area contributed by atoms with Gasteiger partial charge in [0.15, 0.2) is 6.10 Å². The van der Waals surface area contributed by atoms with Crippen molar-refractivity contribution in [3.05, 3.63) is 0 Å². The van der Waals surface area contributed by atoms with Crippen LogP contribution in [0.2, 0.25) is 0 Å². The van der Waals surface area contributed by atoms with Crippen molar-refractivity contribution in [2.24, 2.45) is 0 Å². The zero-order valence-electron chi connectivity index (χ0n) is 9.16. The SMILES string of the molecule is CCCCOC(C)C(=O)OC(C)CO. The fourth-order valence-corrected chi connectivity index (χ4v) is 0.804. The van der Waals surface area contributed by atoms with Gasteiger partial charge in [0, 0.05) is 6.61 Å². The molecule has 4 heteroatoms. The maximum atomic E-state index is 11.2. The molecule has 0 aliphatic rings. The van der Waals surface area contributed by atoms with Crippen LogP contribution in [0.5, 0.6) is 0 Å². The zero-order chi connectivity index (χ0) is 11.0. The second-order valence-electron chi connectivity index (χ2n) is 3.30. The van der Waals surface area contributed by atoms with E-state index in [1.165, 1.54) is 0 Å². The van der Waals surface area contributed by atoms with Crippen molar-refractivity contribution in [1.82, 2.24) is 0 Å². The molecular weight excluding hydrogens is 184 g/mol. The minimum atomic E-state index is -0.546. The lowest BCUT2D eigenvalue weighted by Crippen LogP contribution is -2.28. The van der Waals surface area contributed by atoms with Gasteiger partial charge in [0.2, 0.25) is 0 Å². The quantitative estimate of drug-likeness (QED) is 0.498. The van der Waals surface area contributed by atoms with Crippen LogP contribution < -0.4 is 0 Å². The van der Waals surface area contributed by atoms with E-state index in [4.69, 9.17) is 14.6 Å². The number of esters is 1. The fourth-order valence-electron chi connectivity index (χ4n) is 0.804. The Hall–Kier alpha value is -0.610. The predicted molar refractivity (Wildman–Crippen MR) is 53.0 cm³/mol. The van der Waals surface area contributed by atoms with Crippen LogP contribution in [-0.2, 0) is 14.3 Å². The molecule has 0 spiro atoms. The molecule has 0 aromatic rings. The molecule has 0 aromatic heterocycles. The zero-order valence-corrected chi connectivity index (χ0v) is 9.16. The summed E-state index contributed by atoms with van der Waals surface area (Å²) in [6.07, 6.45) is 0.970. The van der Waals surface area contributed by atoms with E-state index in [0.29, 0.717) is 6.61 Å². The highest BCUT2D eigenvalue weighted by atomic mass is 16.6. The first-order valence-corrected chi connectivity index (χ1v) is 5.04. The van der Waals surface area contributed by atoms with Crippen LogP contribution in [0.3, 0.4) is 0 Å². The minimum Gasteiger partial charge on any atom is -0.458 e. The van der Waals surface area contributed by atoms with Crippen molar-refractivity contribution in [2.75, 3.05) is 13.2 Å². The lowest BCUT2D eigenvalue weighted by molar-refractivity contribution is -0.162. The van der Waals surface area contributed by atoms with Crippen LogP contribution >= 0.6 is 0 Å². The van der Waals surface area contributed by atoms with Gasteiger partial charge in [0.25, 0.3) is 0 Å². The third-order valence-corrected chi connectivity index (χ3v) is 1.77. The van der Waals surface area contributed by atoms with Crippen molar-refractivity contribution in [1.29, 1.82) is 0 Å². The van der Waals surface area contributed by atoms with Gasteiger partial charge in [-0.15, -0.1) is 0 Å². The average molecular weight is 204 g/mol. The molecule has 1 N–H and O–H groups in total.